The molecule has 262 valence electrons. The quantitative estimate of drug-likeness (QED) is 0.0832. The van der Waals surface area contributed by atoms with Gasteiger partial charge in [-0.1, -0.05) is 109 Å². The summed E-state index contributed by atoms with van der Waals surface area (Å²) in [6, 6.07) is 7.89. The number of nitrogens with two attached hydrogens (primary N) is 1. The number of unbranched alkanes of at least 4 members (excludes halogenated alkanes) is 13. The lowest BCUT2D eigenvalue weighted by atomic mass is 10.0. The van der Waals surface area contributed by atoms with E-state index in [0.717, 1.165) is 31.9 Å². The highest BCUT2D eigenvalue weighted by Crippen LogP contribution is 2.55. The van der Waals surface area contributed by atoms with E-state index in [1.807, 2.05) is 0 Å². The maximum absolute atomic E-state index is 15.8. The van der Waals surface area contributed by atoms with Crippen molar-refractivity contribution < 1.29 is 41.2 Å². The number of phosphoric acid groups is 1. The molecule has 47 heavy (non-hydrogen) atoms. The molecular formula is C33H48F2N3O8P. The van der Waals surface area contributed by atoms with E-state index in [9.17, 15) is 14.2 Å². The number of anilines is 1. The van der Waals surface area contributed by atoms with E-state index >= 15 is 8.78 Å². The lowest BCUT2D eigenvalue weighted by Crippen LogP contribution is -2.44. The SMILES string of the molecule is CCCCCCCCCCCCCCCCC(=O)O[C@@H]1C(COP2(=O)OCc3ccccc3O2)O[C@@H](n2ccc(N)nc2=O)C1(F)F. The molecule has 0 amide bonds. The van der Waals surface area contributed by atoms with Gasteiger partial charge in [-0.15, -0.1) is 0 Å². The van der Waals surface area contributed by atoms with Gasteiger partial charge in [-0.3, -0.25) is 18.4 Å². The molecule has 0 radical (unpaired) electrons. The van der Waals surface area contributed by atoms with Crippen LogP contribution in [0.4, 0.5) is 14.6 Å². The highest BCUT2D eigenvalue weighted by atomic mass is 31.2. The Hall–Kier alpha value is -2.86. The average Bonchev–Trinajstić information content (AvgIpc) is 3.28. The van der Waals surface area contributed by atoms with Gasteiger partial charge in [0.25, 0.3) is 0 Å². The number of benzene rings is 1. The first-order chi connectivity index (χ1) is 22.6. The number of ether oxygens (including phenoxy) is 2. The summed E-state index contributed by atoms with van der Waals surface area (Å²) in [5.74, 6) is -4.60. The zero-order valence-electron chi connectivity index (χ0n) is 27.2. The Morgan fingerprint density at radius 2 is 1.62 bits per heavy atom. The van der Waals surface area contributed by atoms with Gasteiger partial charge in [-0.2, -0.15) is 13.8 Å². The fraction of sp³-hybridized carbons (Fsp3) is 0.667. The second kappa shape index (κ2) is 18.1. The second-order valence-electron chi connectivity index (χ2n) is 12.2. The highest BCUT2D eigenvalue weighted by molar-refractivity contribution is 7.49. The minimum atomic E-state index is -4.22. The summed E-state index contributed by atoms with van der Waals surface area (Å²) in [4.78, 5) is 28.7. The molecule has 1 aromatic carbocycles. The Kier molecular flexibility index (Phi) is 14.2. The van der Waals surface area contributed by atoms with Gasteiger partial charge in [-0.05, 0) is 18.6 Å². The summed E-state index contributed by atoms with van der Waals surface area (Å²) in [6.07, 6.45) is 11.0. The lowest BCUT2D eigenvalue weighted by Gasteiger charge is -2.27. The van der Waals surface area contributed by atoms with Crippen LogP contribution in [0.1, 0.15) is 115 Å². The van der Waals surface area contributed by atoms with Gasteiger partial charge in [0.05, 0.1) is 13.2 Å². The number of hydrogen-bond donors (Lipinski definition) is 1. The molecule has 0 spiro atoms. The van der Waals surface area contributed by atoms with Crippen LogP contribution in [0.2, 0.25) is 0 Å². The number of nitrogens with zero attached hydrogens (tertiary/aromatic N) is 2. The van der Waals surface area contributed by atoms with Crippen molar-refractivity contribution in [2.24, 2.45) is 0 Å². The van der Waals surface area contributed by atoms with Crippen LogP contribution in [0.3, 0.4) is 0 Å². The van der Waals surface area contributed by atoms with E-state index in [1.54, 1.807) is 24.3 Å². The van der Waals surface area contributed by atoms with Gasteiger partial charge in [0.2, 0.25) is 6.23 Å². The van der Waals surface area contributed by atoms with E-state index in [1.165, 1.54) is 63.9 Å². The number of carbonyl (C=O) groups is 1. The van der Waals surface area contributed by atoms with Crippen molar-refractivity contribution in [1.82, 2.24) is 9.55 Å². The van der Waals surface area contributed by atoms with Crippen molar-refractivity contribution in [1.29, 1.82) is 0 Å². The minimum absolute atomic E-state index is 0.0618. The van der Waals surface area contributed by atoms with Crippen LogP contribution in [0, 0.1) is 0 Å². The number of carbonyl (C=O) groups excluding carboxylic acids is 1. The van der Waals surface area contributed by atoms with Crippen LogP contribution in [0.15, 0.2) is 41.3 Å². The van der Waals surface area contributed by atoms with Crippen molar-refractivity contribution in [2.75, 3.05) is 12.3 Å². The molecule has 2 aliphatic rings. The summed E-state index contributed by atoms with van der Waals surface area (Å²) < 4.78 is 72.2. The van der Waals surface area contributed by atoms with E-state index in [2.05, 4.69) is 11.9 Å². The second-order valence-corrected chi connectivity index (χ2v) is 13.8. The highest BCUT2D eigenvalue weighted by Gasteiger charge is 2.63. The van der Waals surface area contributed by atoms with Gasteiger partial charge in [0.1, 0.15) is 17.7 Å². The van der Waals surface area contributed by atoms with Crippen molar-refractivity contribution in [3.63, 3.8) is 0 Å². The van der Waals surface area contributed by atoms with Gasteiger partial charge in [0, 0.05) is 18.2 Å². The molecular weight excluding hydrogens is 635 g/mol. The van der Waals surface area contributed by atoms with Crippen LogP contribution < -0.4 is 15.9 Å². The molecule has 14 heteroatoms. The fourth-order valence-corrected chi connectivity index (χ4v) is 6.98. The number of aromatic nitrogens is 2. The van der Waals surface area contributed by atoms with Crippen LogP contribution in [0.5, 0.6) is 5.75 Å². The topological polar surface area (TPSA) is 141 Å². The number of phosphoric ester groups is 1. The van der Waals surface area contributed by atoms with Crippen molar-refractivity contribution in [3.8, 4) is 5.75 Å². The Morgan fingerprint density at radius 3 is 2.26 bits per heavy atom. The smallest absolute Gasteiger partial charge is 0.453 e. The molecule has 0 bridgehead atoms. The molecule has 2 N–H and O–H groups in total. The first-order valence-electron chi connectivity index (χ1n) is 16.9. The summed E-state index contributed by atoms with van der Waals surface area (Å²) >= 11 is 0. The molecule has 2 aromatic rings. The third-order valence-corrected chi connectivity index (χ3v) is 9.74. The monoisotopic (exact) mass is 683 g/mol. The summed E-state index contributed by atoms with van der Waals surface area (Å²) in [5.41, 5.74) is 5.08. The molecule has 11 nitrogen and oxygen atoms in total. The largest absolute Gasteiger partial charge is 0.530 e. The Balaban J connectivity index is 1.26. The van der Waals surface area contributed by atoms with Crippen molar-refractivity contribution in [3.05, 3.63) is 52.6 Å². The average molecular weight is 684 g/mol. The van der Waals surface area contributed by atoms with E-state index in [0.29, 0.717) is 16.6 Å². The molecule has 1 fully saturated rings. The molecule has 1 saturated heterocycles. The van der Waals surface area contributed by atoms with Crippen LogP contribution in [-0.4, -0.2) is 40.3 Å². The number of halogens is 2. The molecule has 0 saturated carbocycles. The summed E-state index contributed by atoms with van der Waals surface area (Å²) in [5, 5.41) is 0. The van der Waals surface area contributed by atoms with Gasteiger partial charge >= 0.3 is 25.4 Å². The first-order valence-corrected chi connectivity index (χ1v) is 18.3. The van der Waals surface area contributed by atoms with Crippen LogP contribution in [-0.2, 0) is 34.5 Å². The van der Waals surface area contributed by atoms with Crippen molar-refractivity contribution >= 4 is 19.6 Å². The number of hydrogen-bond acceptors (Lipinski definition) is 10. The number of para-hydroxylation sites is 1. The molecule has 1 aromatic heterocycles. The van der Waals surface area contributed by atoms with Gasteiger partial charge in [0.15, 0.2) is 6.10 Å². The number of esters is 1. The van der Waals surface area contributed by atoms with E-state index in [-0.39, 0.29) is 24.6 Å². The van der Waals surface area contributed by atoms with Crippen LogP contribution >= 0.6 is 7.82 Å². The predicted octanol–water partition coefficient (Wildman–Crippen LogP) is 7.88. The number of nitrogen functional groups attached to an aromatic ring is 1. The van der Waals surface area contributed by atoms with Gasteiger partial charge in [-0.25, -0.2) is 9.36 Å². The number of rotatable bonds is 20. The zero-order valence-corrected chi connectivity index (χ0v) is 28.1. The fourth-order valence-electron chi connectivity index (χ4n) is 5.75. The van der Waals surface area contributed by atoms with Gasteiger partial charge < -0.3 is 19.7 Å². The molecule has 0 aliphatic carbocycles. The van der Waals surface area contributed by atoms with Crippen LogP contribution in [0.25, 0.3) is 0 Å². The first kappa shape index (κ1) is 37.0. The minimum Gasteiger partial charge on any atom is -0.453 e. The Bertz CT molecular complexity index is 1390. The molecule has 3 heterocycles. The Morgan fingerprint density at radius 1 is 1.00 bits per heavy atom. The molecule has 4 atom stereocenters. The third-order valence-electron chi connectivity index (χ3n) is 8.40. The molecule has 4 rings (SSSR count). The summed E-state index contributed by atoms with van der Waals surface area (Å²) in [6.45, 7) is 1.41. The zero-order chi connectivity index (χ0) is 33.7. The van der Waals surface area contributed by atoms with E-state index in [4.69, 9.17) is 28.8 Å². The Labute approximate surface area is 275 Å². The van der Waals surface area contributed by atoms with E-state index < -0.39 is 50.4 Å². The maximum Gasteiger partial charge on any atom is 0.530 e. The predicted molar refractivity (Wildman–Crippen MR) is 172 cm³/mol. The lowest BCUT2D eigenvalue weighted by molar-refractivity contribution is -0.176. The molecule has 2 unspecified atom stereocenters. The van der Waals surface area contributed by atoms with Crippen molar-refractivity contribution in [2.45, 2.75) is 134 Å². The normalized spacial score (nSPS) is 23.3. The number of fused-ring (bicyclic) bond motifs is 1. The standard InChI is InChI=1S/C33H48F2N3O8P/c1-2-3-4-5-6-7-8-9-10-11-12-13-14-15-20-29(39)45-30-27(24-43-47(41)42-23-25-18-16-17-19-26(25)46-47)44-31(33(30,34)35)38-22-21-28(36)37-32(38)40/h16-19,21-22,27,30-31H,2-15,20,23-24H2,1H3,(H2,36,37,40)/t27?,30-,31-,47?/m1/s1. The maximum atomic E-state index is 15.8. The number of alkyl halides is 2. The third kappa shape index (κ3) is 10.8. The summed E-state index contributed by atoms with van der Waals surface area (Å²) in [7, 11) is -4.22. The molecule has 2 aliphatic heterocycles.